The summed E-state index contributed by atoms with van der Waals surface area (Å²) in [6, 6.07) is 0.0411. The number of carbonyl (C=O) groups excluding carboxylic acids is 1. The molecule has 0 aromatic carbocycles. The molecule has 20 heavy (non-hydrogen) atoms. The van der Waals surface area contributed by atoms with Crippen molar-refractivity contribution in [3.05, 3.63) is 18.6 Å². The first kappa shape index (κ1) is 14.7. The minimum atomic E-state index is 0.00469. The summed E-state index contributed by atoms with van der Waals surface area (Å²) in [7, 11) is 1.64. The van der Waals surface area contributed by atoms with E-state index in [1.807, 2.05) is 6.92 Å². The van der Waals surface area contributed by atoms with Gasteiger partial charge in [-0.1, -0.05) is 0 Å². The van der Waals surface area contributed by atoms with Crippen LogP contribution in [0.4, 0.5) is 5.82 Å². The third-order valence-corrected chi connectivity index (χ3v) is 3.47. The molecule has 110 valence electrons. The fourth-order valence-electron chi connectivity index (χ4n) is 2.51. The molecule has 1 amide bonds. The lowest BCUT2D eigenvalue weighted by molar-refractivity contribution is -0.126. The van der Waals surface area contributed by atoms with Crippen LogP contribution in [0.3, 0.4) is 0 Å². The molecule has 1 N–H and O–H groups in total. The zero-order chi connectivity index (χ0) is 14.4. The molecule has 2 atom stereocenters. The molecule has 1 aliphatic heterocycles. The third-order valence-electron chi connectivity index (χ3n) is 3.47. The Morgan fingerprint density at radius 1 is 1.60 bits per heavy atom. The summed E-state index contributed by atoms with van der Waals surface area (Å²) >= 11 is 0. The average molecular weight is 278 g/mol. The second kappa shape index (κ2) is 7.19. The monoisotopic (exact) mass is 278 g/mol. The number of piperidine rings is 1. The van der Waals surface area contributed by atoms with Crippen LogP contribution in [0.25, 0.3) is 0 Å². The maximum Gasteiger partial charge on any atom is 0.225 e. The molecular formula is C14H22N4O2. The second-order valence-electron chi connectivity index (χ2n) is 5.21. The van der Waals surface area contributed by atoms with Gasteiger partial charge in [0.05, 0.1) is 18.7 Å². The van der Waals surface area contributed by atoms with E-state index in [2.05, 4.69) is 20.2 Å². The van der Waals surface area contributed by atoms with Gasteiger partial charge < -0.3 is 15.0 Å². The van der Waals surface area contributed by atoms with Gasteiger partial charge in [-0.3, -0.25) is 9.78 Å². The molecule has 0 spiro atoms. The van der Waals surface area contributed by atoms with Crippen molar-refractivity contribution < 1.29 is 9.53 Å². The fraction of sp³-hybridized carbons (Fsp3) is 0.643. The number of anilines is 1. The predicted octanol–water partition coefficient (Wildman–Crippen LogP) is 0.844. The van der Waals surface area contributed by atoms with Gasteiger partial charge in [0, 0.05) is 38.6 Å². The SMILES string of the molecule is COC[C@@H](C)NC(=O)[C@@H]1CCCN(c2cnccn2)C1. The number of hydrogen-bond donors (Lipinski definition) is 1. The lowest BCUT2D eigenvalue weighted by Gasteiger charge is -2.33. The van der Waals surface area contributed by atoms with Gasteiger partial charge in [0.25, 0.3) is 0 Å². The van der Waals surface area contributed by atoms with Crippen molar-refractivity contribution in [2.45, 2.75) is 25.8 Å². The molecule has 0 aliphatic carbocycles. The number of ether oxygens (including phenoxy) is 1. The summed E-state index contributed by atoms with van der Waals surface area (Å²) in [5.74, 6) is 0.947. The minimum Gasteiger partial charge on any atom is -0.383 e. The zero-order valence-corrected chi connectivity index (χ0v) is 12.1. The van der Waals surface area contributed by atoms with Crippen LogP contribution in [-0.4, -0.2) is 48.7 Å². The molecule has 6 nitrogen and oxygen atoms in total. The lowest BCUT2D eigenvalue weighted by atomic mass is 9.97. The van der Waals surface area contributed by atoms with E-state index in [0.29, 0.717) is 13.2 Å². The van der Waals surface area contributed by atoms with Crippen LogP contribution in [0.15, 0.2) is 18.6 Å². The molecule has 1 aromatic rings. The molecule has 0 saturated carbocycles. The van der Waals surface area contributed by atoms with Gasteiger partial charge in [0.15, 0.2) is 0 Å². The molecule has 6 heteroatoms. The molecule has 0 unspecified atom stereocenters. The van der Waals surface area contributed by atoms with Crippen LogP contribution in [-0.2, 0) is 9.53 Å². The molecule has 1 aliphatic rings. The zero-order valence-electron chi connectivity index (χ0n) is 12.1. The molecule has 2 heterocycles. The van der Waals surface area contributed by atoms with Gasteiger partial charge >= 0.3 is 0 Å². The first-order valence-electron chi connectivity index (χ1n) is 7.01. The van der Waals surface area contributed by atoms with E-state index in [4.69, 9.17) is 4.74 Å². The summed E-state index contributed by atoms with van der Waals surface area (Å²) in [5, 5.41) is 3.00. The number of rotatable bonds is 5. The van der Waals surface area contributed by atoms with E-state index in [9.17, 15) is 4.79 Å². The van der Waals surface area contributed by atoms with Gasteiger partial charge in [-0.05, 0) is 19.8 Å². The van der Waals surface area contributed by atoms with E-state index in [1.165, 1.54) is 0 Å². The molecule has 1 fully saturated rings. The predicted molar refractivity (Wildman–Crippen MR) is 76.4 cm³/mol. The van der Waals surface area contributed by atoms with Crippen LogP contribution in [0.2, 0.25) is 0 Å². The van der Waals surface area contributed by atoms with E-state index in [0.717, 1.165) is 25.2 Å². The number of nitrogens with one attached hydrogen (secondary N) is 1. The summed E-state index contributed by atoms with van der Waals surface area (Å²) in [5.41, 5.74) is 0. The molecule has 2 rings (SSSR count). The Kier molecular flexibility index (Phi) is 5.29. The maximum absolute atomic E-state index is 12.2. The molecule has 1 saturated heterocycles. The number of amides is 1. The molecule has 0 radical (unpaired) electrons. The Hall–Kier alpha value is -1.69. The quantitative estimate of drug-likeness (QED) is 0.864. The normalized spacial score (nSPS) is 20.5. The van der Waals surface area contributed by atoms with Crippen molar-refractivity contribution in [2.75, 3.05) is 31.7 Å². The second-order valence-corrected chi connectivity index (χ2v) is 5.21. The first-order valence-corrected chi connectivity index (χ1v) is 7.01. The van der Waals surface area contributed by atoms with Crippen LogP contribution >= 0.6 is 0 Å². The number of hydrogen-bond acceptors (Lipinski definition) is 5. The lowest BCUT2D eigenvalue weighted by Crippen LogP contribution is -2.46. The molecular weight excluding hydrogens is 256 g/mol. The number of carbonyl (C=O) groups is 1. The largest absolute Gasteiger partial charge is 0.383 e. The highest BCUT2D eigenvalue weighted by Crippen LogP contribution is 2.21. The number of aromatic nitrogens is 2. The summed E-state index contributed by atoms with van der Waals surface area (Å²) < 4.78 is 5.04. The van der Waals surface area contributed by atoms with Gasteiger partial charge in [0.1, 0.15) is 5.82 Å². The van der Waals surface area contributed by atoms with Crippen molar-refractivity contribution in [1.82, 2.24) is 15.3 Å². The van der Waals surface area contributed by atoms with Crippen LogP contribution < -0.4 is 10.2 Å². The Morgan fingerprint density at radius 2 is 2.45 bits per heavy atom. The Morgan fingerprint density at radius 3 is 3.15 bits per heavy atom. The van der Waals surface area contributed by atoms with E-state index < -0.39 is 0 Å². The number of methoxy groups -OCH3 is 1. The highest BCUT2D eigenvalue weighted by Gasteiger charge is 2.27. The van der Waals surface area contributed by atoms with Crippen LogP contribution in [0, 0.1) is 5.92 Å². The maximum atomic E-state index is 12.2. The summed E-state index contributed by atoms with van der Waals surface area (Å²) in [6.07, 6.45) is 6.99. The highest BCUT2D eigenvalue weighted by molar-refractivity contribution is 5.79. The minimum absolute atomic E-state index is 0.00469. The van der Waals surface area contributed by atoms with E-state index >= 15 is 0 Å². The van der Waals surface area contributed by atoms with Crippen LogP contribution in [0.1, 0.15) is 19.8 Å². The average Bonchev–Trinajstić information content (AvgIpc) is 2.48. The standard InChI is InChI=1S/C14H22N4O2/c1-11(10-20-2)17-14(19)12-4-3-7-18(9-12)13-8-15-5-6-16-13/h5-6,8,11-12H,3-4,7,9-10H2,1-2H3,(H,17,19)/t11-,12-/m1/s1. The van der Waals surface area contributed by atoms with Gasteiger partial charge in [0.2, 0.25) is 5.91 Å². The fourth-order valence-corrected chi connectivity index (χ4v) is 2.51. The summed E-state index contributed by atoms with van der Waals surface area (Å²) in [6.45, 7) is 4.11. The Bertz CT molecular complexity index is 426. The molecule has 1 aromatic heterocycles. The van der Waals surface area contributed by atoms with Crippen LogP contribution in [0.5, 0.6) is 0 Å². The van der Waals surface area contributed by atoms with Gasteiger partial charge in [-0.15, -0.1) is 0 Å². The van der Waals surface area contributed by atoms with Crippen molar-refractivity contribution in [1.29, 1.82) is 0 Å². The third kappa shape index (κ3) is 3.90. The first-order chi connectivity index (χ1) is 9.70. The Balaban J connectivity index is 1.91. The smallest absolute Gasteiger partial charge is 0.225 e. The van der Waals surface area contributed by atoms with Crippen molar-refractivity contribution in [3.63, 3.8) is 0 Å². The van der Waals surface area contributed by atoms with Gasteiger partial charge in [-0.25, -0.2) is 4.98 Å². The van der Waals surface area contributed by atoms with Gasteiger partial charge in [-0.2, -0.15) is 0 Å². The van der Waals surface area contributed by atoms with E-state index in [1.54, 1.807) is 25.7 Å². The van der Waals surface area contributed by atoms with Crippen molar-refractivity contribution >= 4 is 11.7 Å². The van der Waals surface area contributed by atoms with E-state index in [-0.39, 0.29) is 17.9 Å². The van der Waals surface area contributed by atoms with Crippen molar-refractivity contribution in [3.8, 4) is 0 Å². The topological polar surface area (TPSA) is 67.3 Å². The number of nitrogens with zero attached hydrogens (tertiary/aromatic N) is 3. The van der Waals surface area contributed by atoms with Crippen molar-refractivity contribution in [2.24, 2.45) is 5.92 Å². The Labute approximate surface area is 119 Å². The molecule has 0 bridgehead atoms. The summed E-state index contributed by atoms with van der Waals surface area (Å²) in [4.78, 5) is 22.7. The highest BCUT2D eigenvalue weighted by atomic mass is 16.5.